The van der Waals surface area contributed by atoms with Crippen molar-refractivity contribution in [3.63, 3.8) is 0 Å². The summed E-state index contributed by atoms with van der Waals surface area (Å²) in [5, 5.41) is 14.5. The number of esters is 1. The molecular formula is C58H63N9O7S. The highest BCUT2D eigenvalue weighted by Crippen LogP contribution is 2.36. The molecule has 0 spiro atoms. The number of para-hydroxylation sites is 1. The van der Waals surface area contributed by atoms with Crippen molar-refractivity contribution in [2.24, 2.45) is 13.0 Å². The Hall–Kier alpha value is -7.50. The highest BCUT2D eigenvalue weighted by atomic mass is 32.1. The fourth-order valence-corrected chi connectivity index (χ4v) is 11.6. The molecule has 0 aliphatic carbocycles. The Morgan fingerprint density at radius 3 is 2.51 bits per heavy atom. The Labute approximate surface area is 440 Å². The van der Waals surface area contributed by atoms with E-state index in [0.29, 0.717) is 78.5 Å². The van der Waals surface area contributed by atoms with Crippen LogP contribution >= 0.6 is 11.3 Å². The van der Waals surface area contributed by atoms with E-state index in [1.807, 2.05) is 120 Å². The van der Waals surface area contributed by atoms with Crippen LogP contribution in [-0.2, 0) is 39.1 Å². The van der Waals surface area contributed by atoms with Gasteiger partial charge in [-0.15, -0.1) is 0 Å². The number of pyridine rings is 1. The van der Waals surface area contributed by atoms with Crippen LogP contribution in [0.25, 0.3) is 32.2 Å². The second kappa shape index (κ2) is 21.4. The van der Waals surface area contributed by atoms with Gasteiger partial charge in [-0.1, -0.05) is 41.7 Å². The maximum Gasteiger partial charge on any atom is 0.358 e. The average Bonchev–Trinajstić information content (AvgIpc) is 3.96. The molecule has 75 heavy (non-hydrogen) atoms. The number of imide groups is 1. The third kappa shape index (κ3) is 11.4. The number of hydrogen-bond acceptors (Lipinski definition) is 13. The van der Waals surface area contributed by atoms with Crippen molar-refractivity contribution in [3.8, 4) is 16.9 Å². The van der Waals surface area contributed by atoms with E-state index in [1.54, 1.807) is 4.68 Å². The number of nitrogens with one attached hydrogen (secondary N) is 3. The molecule has 3 aliphatic heterocycles. The van der Waals surface area contributed by atoms with E-state index in [4.69, 9.17) is 14.5 Å². The molecule has 0 saturated carbocycles. The molecule has 3 atom stereocenters. The molecular weight excluding hydrogens is 967 g/mol. The zero-order chi connectivity index (χ0) is 52.5. The number of carbonyl (C=O) groups excluding carboxylic acids is 5. The fraction of sp³-hybridized carbons (Fsp3) is 0.379. The van der Waals surface area contributed by atoms with Gasteiger partial charge in [0, 0.05) is 54.8 Å². The number of aryl methyl sites for hydroxylation is 2. The summed E-state index contributed by atoms with van der Waals surface area (Å²) < 4.78 is 15.0. The number of thiazole rings is 1. The molecule has 1 unspecified atom stereocenters. The molecule has 388 valence electrons. The highest BCUT2D eigenvalue weighted by molar-refractivity contribution is 7.22. The first-order valence-corrected chi connectivity index (χ1v) is 26.7. The van der Waals surface area contributed by atoms with Gasteiger partial charge in [0.1, 0.15) is 17.2 Å². The van der Waals surface area contributed by atoms with E-state index >= 15 is 0 Å². The molecule has 7 aromatic rings. The molecule has 2 saturated heterocycles. The molecule has 3 aromatic heterocycles. The van der Waals surface area contributed by atoms with Gasteiger partial charge < -0.3 is 19.7 Å². The second-order valence-electron chi connectivity index (χ2n) is 21.1. The highest BCUT2D eigenvalue weighted by Gasteiger charge is 2.33. The number of benzene rings is 4. The van der Waals surface area contributed by atoms with Gasteiger partial charge in [-0.25, -0.2) is 14.8 Å². The number of carbonyl (C=O) groups is 5. The molecule has 0 radical (unpaired) electrons. The third-order valence-electron chi connectivity index (χ3n) is 14.5. The van der Waals surface area contributed by atoms with Crippen molar-refractivity contribution in [1.82, 2.24) is 30.0 Å². The van der Waals surface area contributed by atoms with Gasteiger partial charge in [0.2, 0.25) is 17.7 Å². The Bertz CT molecular complexity index is 3330. The Balaban J connectivity index is 0.731. The minimum absolute atomic E-state index is 0.0831. The maximum atomic E-state index is 14.0. The number of piperidine rings is 2. The largest absolute Gasteiger partial charge is 0.494 e. The van der Waals surface area contributed by atoms with E-state index in [2.05, 4.69) is 48.8 Å². The van der Waals surface area contributed by atoms with Crippen molar-refractivity contribution >= 4 is 78.7 Å². The van der Waals surface area contributed by atoms with Crippen molar-refractivity contribution in [3.05, 3.63) is 125 Å². The summed E-state index contributed by atoms with van der Waals surface area (Å²) in [6.07, 6.45) is 5.31. The topological polar surface area (TPSA) is 190 Å². The second-order valence-corrected chi connectivity index (χ2v) is 22.1. The number of amides is 4. The molecule has 17 heteroatoms. The van der Waals surface area contributed by atoms with E-state index in [1.165, 1.54) is 11.3 Å². The monoisotopic (exact) mass is 1030 g/mol. The summed E-state index contributed by atoms with van der Waals surface area (Å²) >= 11 is 1.44. The van der Waals surface area contributed by atoms with Gasteiger partial charge in [-0.05, 0) is 169 Å². The Morgan fingerprint density at radius 1 is 0.893 bits per heavy atom. The van der Waals surface area contributed by atoms with Crippen LogP contribution in [-0.4, -0.2) is 92.1 Å². The van der Waals surface area contributed by atoms with Crippen LogP contribution < -0.4 is 25.6 Å². The molecule has 4 amide bonds. The van der Waals surface area contributed by atoms with E-state index in [-0.39, 0.29) is 41.8 Å². The quantitative estimate of drug-likeness (QED) is 0.0532. The molecule has 16 nitrogen and oxygen atoms in total. The summed E-state index contributed by atoms with van der Waals surface area (Å²) in [4.78, 5) is 79.3. The molecule has 3 N–H and O–H groups in total. The SMILES string of the molecule is Cc1cc(OCCC[C@@H]2CCN(CC(=O)Nc3ccc4c(C5CCC(=O)NC5=O)nn(C)c4c3)[C@@H](C)C2)ccc1-c1ccc(N2CCc3cccc(C(=O)Nc4nc5ccccc5s4)c3C2)nc1C(=O)OC(C)(C)C. The standard InChI is InChI=1S/C58H63N9O7S/c1-34-29-39(73-28-10-11-36-24-26-66(35(2)30-36)33-51(69)59-38-16-18-43-47(31-38)65(6)64-52(43)44-21-23-50(68)62-55(44)71)17-19-40(34)41-20-22-49(61-53(41)56(72)74-58(3,4)5)67-27-25-37-12-9-13-42(45(37)32-67)54(70)63-57-60-46-14-7-8-15-48(46)75-57/h7-9,12-20,22,29,31,35-36,44H,10-11,21,23-28,30,32-33H2,1-6H3,(H,59,69)(H,60,63,70)(H,62,68,71)/t35-,36+,44?/m0/s1. The molecule has 3 aliphatic rings. The fourth-order valence-electron chi connectivity index (χ4n) is 10.8. The minimum Gasteiger partial charge on any atom is -0.494 e. The number of fused-ring (bicyclic) bond motifs is 3. The lowest BCUT2D eigenvalue weighted by atomic mass is 9.88. The zero-order valence-electron chi connectivity index (χ0n) is 43.3. The van der Waals surface area contributed by atoms with Crippen molar-refractivity contribution in [1.29, 1.82) is 0 Å². The van der Waals surface area contributed by atoms with Gasteiger partial charge >= 0.3 is 5.97 Å². The third-order valence-corrected chi connectivity index (χ3v) is 15.5. The van der Waals surface area contributed by atoms with Crippen molar-refractivity contribution in [2.45, 2.75) is 104 Å². The molecule has 4 aromatic carbocycles. The number of anilines is 3. The van der Waals surface area contributed by atoms with Crippen molar-refractivity contribution < 1.29 is 33.4 Å². The summed E-state index contributed by atoms with van der Waals surface area (Å²) in [7, 11) is 1.81. The van der Waals surface area contributed by atoms with Gasteiger partial charge in [0.05, 0.1) is 40.5 Å². The van der Waals surface area contributed by atoms with Gasteiger partial charge in [0.25, 0.3) is 5.91 Å². The molecule has 10 rings (SSSR count). The molecule has 0 bridgehead atoms. The number of rotatable bonds is 14. The lowest BCUT2D eigenvalue weighted by molar-refractivity contribution is -0.134. The summed E-state index contributed by atoms with van der Waals surface area (Å²) in [6, 6.07) is 29.3. The molecule has 6 heterocycles. The number of hydrogen-bond donors (Lipinski definition) is 3. The Kier molecular flexibility index (Phi) is 14.5. The summed E-state index contributed by atoms with van der Waals surface area (Å²) in [5.41, 5.74) is 7.47. The summed E-state index contributed by atoms with van der Waals surface area (Å²) in [5.74, 6) is 0.000374. The van der Waals surface area contributed by atoms with Gasteiger partial charge in [-0.3, -0.25) is 39.4 Å². The summed E-state index contributed by atoms with van der Waals surface area (Å²) in [6.45, 7) is 12.5. The number of ether oxygens (including phenoxy) is 2. The minimum atomic E-state index is -0.742. The predicted octanol–water partition coefficient (Wildman–Crippen LogP) is 9.74. The van der Waals surface area contributed by atoms with Crippen molar-refractivity contribution in [2.75, 3.05) is 41.8 Å². The van der Waals surface area contributed by atoms with Crippen LogP contribution in [0.1, 0.15) is 115 Å². The van der Waals surface area contributed by atoms with Gasteiger partial charge in [-0.2, -0.15) is 5.10 Å². The van der Waals surface area contributed by atoms with Crippen LogP contribution in [0, 0.1) is 12.8 Å². The van der Waals surface area contributed by atoms with E-state index < -0.39 is 17.5 Å². The first kappa shape index (κ1) is 51.0. The number of likely N-dealkylation sites (tertiary alicyclic amines) is 1. The average molecular weight is 1030 g/mol. The van der Waals surface area contributed by atoms with Crippen LogP contribution in [0.2, 0.25) is 0 Å². The van der Waals surface area contributed by atoms with Crippen LogP contribution in [0.5, 0.6) is 5.75 Å². The smallest absolute Gasteiger partial charge is 0.358 e. The molecule has 2 fully saturated rings. The number of aromatic nitrogens is 4. The predicted molar refractivity (Wildman–Crippen MR) is 291 cm³/mol. The van der Waals surface area contributed by atoms with Crippen LogP contribution in [0.15, 0.2) is 91.0 Å². The lowest BCUT2D eigenvalue weighted by Gasteiger charge is -2.37. The van der Waals surface area contributed by atoms with E-state index in [0.717, 1.165) is 81.4 Å². The van der Waals surface area contributed by atoms with E-state index in [9.17, 15) is 24.0 Å². The number of nitrogens with zero attached hydrogens (tertiary/aromatic N) is 6. The Morgan fingerprint density at radius 2 is 1.72 bits per heavy atom. The maximum absolute atomic E-state index is 14.0. The van der Waals surface area contributed by atoms with Crippen LogP contribution in [0.3, 0.4) is 0 Å². The normalized spacial score (nSPS) is 18.2. The van der Waals surface area contributed by atoms with Crippen LogP contribution in [0.4, 0.5) is 16.6 Å². The first-order chi connectivity index (χ1) is 36.0. The first-order valence-electron chi connectivity index (χ1n) is 25.9. The zero-order valence-corrected chi connectivity index (χ0v) is 44.1. The van der Waals surface area contributed by atoms with Gasteiger partial charge in [0.15, 0.2) is 10.8 Å². The lowest BCUT2D eigenvalue weighted by Crippen LogP contribution is -2.44.